The molecule has 0 atom stereocenters. The number of ether oxygens (including phenoxy) is 2. The number of allylic oxidation sites excluding steroid dienone is 2. The van der Waals surface area contributed by atoms with Crippen LogP contribution < -0.4 is 9.47 Å². The minimum Gasteiger partial charge on any atom is -0.493 e. The molecule has 0 saturated carbocycles. The van der Waals surface area contributed by atoms with Crippen molar-refractivity contribution in [3.05, 3.63) is 88.1 Å². The smallest absolute Gasteiger partial charge is 0.271 e. The van der Waals surface area contributed by atoms with E-state index in [9.17, 15) is 4.79 Å². The number of nitrogens with zero attached hydrogens (tertiary/aromatic N) is 3. The molecule has 31 heavy (non-hydrogen) atoms. The largest absolute Gasteiger partial charge is 0.493 e. The third-order valence-electron chi connectivity index (χ3n) is 4.83. The van der Waals surface area contributed by atoms with Gasteiger partial charge < -0.3 is 14.4 Å². The number of carbonyl (C=O) groups excluding carboxylic acids is 1. The van der Waals surface area contributed by atoms with E-state index in [0.717, 1.165) is 27.0 Å². The first-order valence-electron chi connectivity index (χ1n) is 9.59. The molecule has 6 nitrogen and oxygen atoms in total. The summed E-state index contributed by atoms with van der Waals surface area (Å²) in [5.74, 6) is 1.95. The van der Waals surface area contributed by atoms with E-state index >= 15 is 0 Å². The van der Waals surface area contributed by atoms with Crippen LogP contribution in [0.5, 0.6) is 11.5 Å². The zero-order chi connectivity index (χ0) is 21.8. The third kappa shape index (κ3) is 4.67. The van der Waals surface area contributed by atoms with Crippen LogP contribution >= 0.6 is 15.9 Å². The highest BCUT2D eigenvalue weighted by molar-refractivity contribution is 9.11. The minimum absolute atomic E-state index is 0.395. The summed E-state index contributed by atoms with van der Waals surface area (Å²) in [6, 6.07) is 13.3. The Kier molecular flexibility index (Phi) is 6.13. The number of benzene rings is 2. The van der Waals surface area contributed by atoms with Crippen molar-refractivity contribution in [2.24, 2.45) is 9.98 Å². The first kappa shape index (κ1) is 20.8. The standard InChI is InChI=1S/C24H20BrN3O3/c1-30-20-10-7-16(13-21(20)31-2)8-12-23(29)27-24-19-6-4-3-5-17(19)14-28-15-18(25)9-11-22(28)26-24/h3-13,15H,14H2,1-2H3. The van der Waals surface area contributed by atoms with Crippen molar-refractivity contribution in [2.75, 3.05) is 14.2 Å². The molecule has 156 valence electrons. The molecule has 2 aliphatic rings. The fraction of sp³-hybridized carbons (Fsp3) is 0.125. The summed E-state index contributed by atoms with van der Waals surface area (Å²) in [5, 5.41) is 0. The minimum atomic E-state index is -0.395. The van der Waals surface area contributed by atoms with Gasteiger partial charge in [0.1, 0.15) is 5.84 Å². The molecule has 1 amide bonds. The van der Waals surface area contributed by atoms with E-state index in [4.69, 9.17) is 9.47 Å². The van der Waals surface area contributed by atoms with Crippen LogP contribution in [-0.4, -0.2) is 36.7 Å². The summed E-state index contributed by atoms with van der Waals surface area (Å²) in [6.07, 6.45) is 8.90. The van der Waals surface area contributed by atoms with Crippen LogP contribution in [-0.2, 0) is 11.3 Å². The summed E-state index contributed by atoms with van der Waals surface area (Å²) < 4.78 is 11.5. The molecule has 0 unspecified atom stereocenters. The average Bonchev–Trinajstić information content (AvgIpc) is 2.93. The lowest BCUT2D eigenvalue weighted by atomic mass is 10.1. The molecule has 2 aromatic rings. The van der Waals surface area contributed by atoms with Gasteiger partial charge in [-0.25, -0.2) is 4.99 Å². The van der Waals surface area contributed by atoms with Crippen molar-refractivity contribution >= 4 is 39.6 Å². The molecule has 0 aromatic heterocycles. The Balaban J connectivity index is 1.65. The van der Waals surface area contributed by atoms with Gasteiger partial charge in [-0.3, -0.25) is 4.79 Å². The van der Waals surface area contributed by atoms with Gasteiger partial charge in [-0.1, -0.05) is 30.3 Å². The summed E-state index contributed by atoms with van der Waals surface area (Å²) in [7, 11) is 3.15. The van der Waals surface area contributed by atoms with Gasteiger partial charge in [0, 0.05) is 28.9 Å². The van der Waals surface area contributed by atoms with Crippen LogP contribution in [0, 0.1) is 0 Å². The maximum atomic E-state index is 12.6. The highest BCUT2D eigenvalue weighted by Gasteiger charge is 2.21. The monoisotopic (exact) mass is 477 g/mol. The van der Waals surface area contributed by atoms with Crippen LogP contribution in [0.4, 0.5) is 0 Å². The molecular weight excluding hydrogens is 458 g/mol. The number of hydrogen-bond donors (Lipinski definition) is 0. The first-order valence-corrected chi connectivity index (χ1v) is 10.4. The summed E-state index contributed by atoms with van der Waals surface area (Å²) in [4.78, 5) is 23.6. The van der Waals surface area contributed by atoms with Crippen molar-refractivity contribution in [3.8, 4) is 11.5 Å². The molecule has 2 aliphatic heterocycles. The zero-order valence-electron chi connectivity index (χ0n) is 17.1. The lowest BCUT2D eigenvalue weighted by Gasteiger charge is -2.21. The van der Waals surface area contributed by atoms with E-state index in [1.807, 2.05) is 53.6 Å². The predicted octanol–water partition coefficient (Wildman–Crippen LogP) is 4.71. The Bertz CT molecular complexity index is 1180. The van der Waals surface area contributed by atoms with Gasteiger partial charge in [0.05, 0.1) is 14.2 Å². The van der Waals surface area contributed by atoms with Crippen molar-refractivity contribution < 1.29 is 14.3 Å². The van der Waals surface area contributed by atoms with Crippen LogP contribution in [0.3, 0.4) is 0 Å². The molecule has 0 aliphatic carbocycles. The number of rotatable bonds is 4. The summed E-state index contributed by atoms with van der Waals surface area (Å²) >= 11 is 3.50. The molecule has 0 spiro atoms. The Hall–Kier alpha value is -3.45. The van der Waals surface area contributed by atoms with Crippen molar-refractivity contribution in [1.29, 1.82) is 0 Å². The SMILES string of the molecule is COc1ccc(C=CC(=O)N=C2N=C3C=CC(Br)=CN3Cc3ccccc32)cc1OC. The molecule has 2 aromatic carbocycles. The van der Waals surface area contributed by atoms with Crippen LogP contribution in [0.2, 0.25) is 0 Å². The van der Waals surface area contributed by atoms with Gasteiger partial charge >= 0.3 is 0 Å². The molecule has 0 radical (unpaired) electrons. The average molecular weight is 478 g/mol. The Labute approximate surface area is 189 Å². The van der Waals surface area contributed by atoms with Gasteiger partial charge in [-0.15, -0.1) is 0 Å². The summed E-state index contributed by atoms with van der Waals surface area (Å²) in [6.45, 7) is 0.642. The Morgan fingerprint density at radius 3 is 2.74 bits per heavy atom. The van der Waals surface area contributed by atoms with Gasteiger partial charge in [-0.05, 0) is 57.4 Å². The number of methoxy groups -OCH3 is 2. The number of hydrogen-bond acceptors (Lipinski definition) is 4. The van der Waals surface area contributed by atoms with Crippen LogP contribution in [0.15, 0.2) is 81.4 Å². The van der Waals surface area contributed by atoms with Gasteiger partial charge in [0.25, 0.3) is 5.91 Å². The van der Waals surface area contributed by atoms with Crippen molar-refractivity contribution in [2.45, 2.75) is 6.54 Å². The lowest BCUT2D eigenvalue weighted by Crippen LogP contribution is -2.24. The molecule has 0 bridgehead atoms. The first-order chi connectivity index (χ1) is 15.1. The van der Waals surface area contributed by atoms with Gasteiger partial charge in [-0.2, -0.15) is 4.99 Å². The fourth-order valence-electron chi connectivity index (χ4n) is 3.32. The number of fused-ring (bicyclic) bond motifs is 2. The fourth-order valence-corrected chi connectivity index (χ4v) is 3.69. The van der Waals surface area contributed by atoms with E-state index in [2.05, 4.69) is 25.9 Å². The van der Waals surface area contributed by atoms with E-state index in [-0.39, 0.29) is 0 Å². The van der Waals surface area contributed by atoms with E-state index in [1.54, 1.807) is 32.4 Å². The van der Waals surface area contributed by atoms with Gasteiger partial charge in [0.15, 0.2) is 17.3 Å². The van der Waals surface area contributed by atoms with E-state index < -0.39 is 5.91 Å². The second-order valence-electron chi connectivity index (χ2n) is 6.82. The number of amides is 1. The number of carbonyl (C=O) groups is 1. The number of halogens is 1. The van der Waals surface area contributed by atoms with E-state index in [0.29, 0.717) is 23.9 Å². The maximum Gasteiger partial charge on any atom is 0.271 e. The van der Waals surface area contributed by atoms with Crippen molar-refractivity contribution in [3.63, 3.8) is 0 Å². The lowest BCUT2D eigenvalue weighted by molar-refractivity contribution is -0.113. The maximum absolute atomic E-state index is 12.6. The number of aliphatic imine (C=N–C) groups is 2. The highest BCUT2D eigenvalue weighted by atomic mass is 79.9. The highest BCUT2D eigenvalue weighted by Crippen LogP contribution is 2.28. The normalized spacial score (nSPS) is 16.4. The second kappa shape index (κ2) is 9.14. The quantitative estimate of drug-likeness (QED) is 0.598. The molecule has 0 fully saturated rings. The summed E-state index contributed by atoms with van der Waals surface area (Å²) in [5.41, 5.74) is 2.69. The molecule has 0 N–H and O–H groups in total. The molecule has 0 saturated heterocycles. The molecular formula is C24H20BrN3O3. The number of amidine groups is 2. The molecule has 2 heterocycles. The molecule has 4 rings (SSSR count). The topological polar surface area (TPSA) is 63.5 Å². The zero-order valence-corrected chi connectivity index (χ0v) is 18.7. The third-order valence-corrected chi connectivity index (χ3v) is 5.30. The predicted molar refractivity (Wildman–Crippen MR) is 126 cm³/mol. The second-order valence-corrected chi connectivity index (χ2v) is 7.74. The van der Waals surface area contributed by atoms with E-state index in [1.165, 1.54) is 6.08 Å². The Morgan fingerprint density at radius 2 is 1.94 bits per heavy atom. The molecule has 7 heteroatoms. The van der Waals surface area contributed by atoms with Gasteiger partial charge in [0.2, 0.25) is 0 Å². The van der Waals surface area contributed by atoms with Crippen molar-refractivity contribution in [1.82, 2.24) is 4.90 Å². The van der Waals surface area contributed by atoms with Crippen LogP contribution in [0.25, 0.3) is 6.08 Å². The Morgan fingerprint density at radius 1 is 1.13 bits per heavy atom. The van der Waals surface area contributed by atoms with Crippen LogP contribution in [0.1, 0.15) is 16.7 Å².